The summed E-state index contributed by atoms with van der Waals surface area (Å²) in [4.78, 5) is 37.8. The number of esters is 1. The normalized spacial score (nSPS) is 36.0. The summed E-state index contributed by atoms with van der Waals surface area (Å²) in [5.74, 6) is -0.634. The number of nitrogens with two attached hydrogens (primary N) is 1. The highest BCUT2D eigenvalue weighted by molar-refractivity contribution is 7.53. The first-order valence-electron chi connectivity index (χ1n) is 10.4. The van der Waals surface area contributed by atoms with Gasteiger partial charge in [0, 0.05) is 18.2 Å². The molecular formula is C19H28N3O8P. The molecule has 5 atom stereocenters. The number of rotatable bonds is 7. The summed E-state index contributed by atoms with van der Waals surface area (Å²) in [7, 11) is -3.46. The summed E-state index contributed by atoms with van der Waals surface area (Å²) in [6.45, 7) is 3.91. The van der Waals surface area contributed by atoms with Gasteiger partial charge in [0.1, 0.15) is 0 Å². The van der Waals surface area contributed by atoms with Gasteiger partial charge in [0.25, 0.3) is 5.56 Å². The molecule has 1 saturated carbocycles. The predicted octanol–water partition coefficient (Wildman–Crippen LogP) is 0.741. The highest BCUT2D eigenvalue weighted by Gasteiger charge is 2.58. The maximum atomic E-state index is 13.2. The molecule has 2 aliphatic heterocycles. The Balaban J connectivity index is 1.43. The molecule has 3 aliphatic rings. The van der Waals surface area contributed by atoms with E-state index in [1.54, 1.807) is 13.8 Å². The Morgan fingerprint density at radius 2 is 2.16 bits per heavy atom. The smallest absolute Gasteiger partial charge is 0.331 e. The lowest BCUT2D eigenvalue weighted by Gasteiger charge is -2.36. The number of hydrogen-bond acceptors (Lipinski definition) is 9. The van der Waals surface area contributed by atoms with Crippen LogP contribution in [-0.2, 0) is 27.9 Å². The molecule has 1 aromatic rings. The first-order chi connectivity index (χ1) is 14.6. The summed E-state index contributed by atoms with van der Waals surface area (Å²) < 4.78 is 36.7. The van der Waals surface area contributed by atoms with Gasteiger partial charge >= 0.3 is 19.3 Å². The van der Waals surface area contributed by atoms with Gasteiger partial charge in [-0.25, -0.2) is 4.79 Å². The molecule has 3 N–H and O–H groups in total. The quantitative estimate of drug-likeness (QED) is 0.446. The molecule has 2 saturated heterocycles. The average Bonchev–Trinajstić information content (AvgIpc) is 3.44. The molecule has 11 nitrogen and oxygen atoms in total. The van der Waals surface area contributed by atoms with Gasteiger partial charge < -0.3 is 24.3 Å². The van der Waals surface area contributed by atoms with E-state index in [0.29, 0.717) is 13.0 Å². The Kier molecular flexibility index (Phi) is 5.76. The number of hydrogen-bond donors (Lipinski definition) is 2. The summed E-state index contributed by atoms with van der Waals surface area (Å²) >= 11 is 0. The lowest BCUT2D eigenvalue weighted by molar-refractivity contribution is -0.150. The molecule has 3 heterocycles. The zero-order valence-corrected chi connectivity index (χ0v) is 18.5. The molecule has 1 aliphatic carbocycles. The van der Waals surface area contributed by atoms with E-state index in [9.17, 15) is 18.9 Å². The molecule has 0 spiro atoms. The van der Waals surface area contributed by atoms with Gasteiger partial charge in [0.15, 0.2) is 6.23 Å². The van der Waals surface area contributed by atoms with Crippen LogP contribution in [0.25, 0.3) is 0 Å². The Morgan fingerprint density at radius 1 is 1.42 bits per heavy atom. The average molecular weight is 457 g/mol. The van der Waals surface area contributed by atoms with Crippen LogP contribution in [0, 0.1) is 11.3 Å². The molecule has 1 aromatic heterocycles. The lowest BCUT2D eigenvalue weighted by Crippen LogP contribution is -2.52. The zero-order chi connectivity index (χ0) is 22.4. The highest BCUT2D eigenvalue weighted by atomic mass is 31.2. The SMILES string of the molecule is CCOC(=O)C1(CCOP2(=O)C[C@@H]3[C@@H](CO2)O[C@@H](n2ccc(=O)[nH]c2=O)[C@]3(C)N)CC1. The molecule has 12 heteroatoms. The number of H-pyrrole nitrogens is 1. The first-order valence-corrected chi connectivity index (χ1v) is 12.1. The van der Waals surface area contributed by atoms with E-state index < -0.39 is 48.0 Å². The number of aromatic amines is 1. The van der Waals surface area contributed by atoms with E-state index in [0.717, 1.165) is 12.8 Å². The molecule has 31 heavy (non-hydrogen) atoms. The Hall–Kier alpha value is -1.78. The van der Waals surface area contributed by atoms with Crippen molar-refractivity contribution in [1.82, 2.24) is 9.55 Å². The van der Waals surface area contributed by atoms with E-state index >= 15 is 0 Å². The third kappa shape index (κ3) is 4.17. The third-order valence-electron chi connectivity index (χ3n) is 6.47. The molecule has 0 amide bonds. The van der Waals surface area contributed by atoms with Crippen LogP contribution in [0.1, 0.15) is 39.3 Å². The van der Waals surface area contributed by atoms with Crippen LogP contribution < -0.4 is 17.0 Å². The van der Waals surface area contributed by atoms with Crippen molar-refractivity contribution < 1.29 is 27.9 Å². The summed E-state index contributed by atoms with van der Waals surface area (Å²) in [6, 6.07) is 1.21. The van der Waals surface area contributed by atoms with E-state index in [4.69, 9.17) is 24.3 Å². The molecule has 0 aromatic carbocycles. The minimum atomic E-state index is -3.46. The van der Waals surface area contributed by atoms with Crippen molar-refractivity contribution >= 4 is 13.6 Å². The van der Waals surface area contributed by atoms with Crippen molar-refractivity contribution in [2.45, 2.75) is 51.0 Å². The van der Waals surface area contributed by atoms with E-state index in [1.807, 2.05) is 0 Å². The Labute approximate surface area is 178 Å². The monoisotopic (exact) mass is 457 g/mol. The fourth-order valence-corrected chi connectivity index (χ4v) is 6.52. The van der Waals surface area contributed by atoms with Crippen LogP contribution >= 0.6 is 7.60 Å². The van der Waals surface area contributed by atoms with Gasteiger partial charge in [0.05, 0.1) is 43.0 Å². The van der Waals surface area contributed by atoms with Crippen molar-refractivity contribution in [3.63, 3.8) is 0 Å². The maximum Gasteiger partial charge on any atom is 0.331 e. The second-order valence-electron chi connectivity index (χ2n) is 8.69. The van der Waals surface area contributed by atoms with Crippen molar-refractivity contribution in [3.05, 3.63) is 33.1 Å². The number of aromatic nitrogens is 2. The molecule has 172 valence electrons. The summed E-state index contributed by atoms with van der Waals surface area (Å²) in [5, 5.41) is 0. The van der Waals surface area contributed by atoms with Crippen molar-refractivity contribution in [1.29, 1.82) is 0 Å². The summed E-state index contributed by atoms with van der Waals surface area (Å²) in [5.41, 5.74) is 3.79. The fraction of sp³-hybridized carbons (Fsp3) is 0.737. The van der Waals surface area contributed by atoms with Gasteiger partial charge in [-0.15, -0.1) is 0 Å². The standard InChI is InChI=1S/C19H28N3O8P/c1-3-27-16(24)19(5-6-19)7-9-28-31(26)11-12-13(10-29-31)30-15(18(12,2)20)22-8-4-14(23)21-17(22)25/h4,8,12-13,15H,3,5-7,9-11,20H2,1-2H3,(H,21,23,25)/t12-,13-,15-,18-,31?/m1/s1. The van der Waals surface area contributed by atoms with Crippen LogP contribution in [0.2, 0.25) is 0 Å². The van der Waals surface area contributed by atoms with Gasteiger partial charge in [-0.1, -0.05) is 0 Å². The van der Waals surface area contributed by atoms with Gasteiger partial charge in [0.2, 0.25) is 0 Å². The third-order valence-corrected chi connectivity index (χ3v) is 8.43. The van der Waals surface area contributed by atoms with Gasteiger partial charge in [-0.3, -0.25) is 23.7 Å². The Bertz CT molecular complexity index is 1010. The molecule has 0 bridgehead atoms. The van der Waals surface area contributed by atoms with E-state index in [-0.39, 0.29) is 25.3 Å². The minimum Gasteiger partial charge on any atom is -0.466 e. The van der Waals surface area contributed by atoms with Crippen LogP contribution in [0.5, 0.6) is 0 Å². The second kappa shape index (κ2) is 7.97. The van der Waals surface area contributed by atoms with E-state index in [1.165, 1.54) is 16.8 Å². The first kappa shape index (κ1) is 22.4. The topological polar surface area (TPSA) is 152 Å². The largest absolute Gasteiger partial charge is 0.466 e. The predicted molar refractivity (Wildman–Crippen MR) is 109 cm³/mol. The van der Waals surface area contributed by atoms with Crippen LogP contribution in [0.3, 0.4) is 0 Å². The molecule has 0 radical (unpaired) electrons. The van der Waals surface area contributed by atoms with Gasteiger partial charge in [-0.2, -0.15) is 0 Å². The highest BCUT2D eigenvalue weighted by Crippen LogP contribution is 2.59. The number of nitrogens with one attached hydrogen (secondary N) is 1. The fourth-order valence-electron chi connectivity index (χ4n) is 4.38. The van der Waals surface area contributed by atoms with Crippen molar-refractivity contribution in [2.24, 2.45) is 17.1 Å². The molecule has 3 fully saturated rings. The molecule has 4 rings (SSSR count). The zero-order valence-electron chi connectivity index (χ0n) is 17.6. The molecule has 1 unspecified atom stereocenters. The Morgan fingerprint density at radius 3 is 2.81 bits per heavy atom. The van der Waals surface area contributed by atoms with E-state index in [2.05, 4.69) is 4.98 Å². The van der Waals surface area contributed by atoms with Crippen LogP contribution in [-0.4, -0.2) is 53.1 Å². The number of carbonyl (C=O) groups is 1. The second-order valence-corrected chi connectivity index (χ2v) is 10.8. The summed E-state index contributed by atoms with van der Waals surface area (Å²) in [6.07, 6.45) is 1.91. The number of fused-ring (bicyclic) bond motifs is 1. The lowest BCUT2D eigenvalue weighted by atomic mass is 9.85. The van der Waals surface area contributed by atoms with Crippen molar-refractivity contribution in [2.75, 3.05) is 26.0 Å². The van der Waals surface area contributed by atoms with Gasteiger partial charge in [-0.05, 0) is 33.1 Å². The maximum absolute atomic E-state index is 13.2. The van der Waals surface area contributed by atoms with Crippen molar-refractivity contribution in [3.8, 4) is 0 Å². The number of ether oxygens (including phenoxy) is 2. The number of carbonyl (C=O) groups excluding carboxylic acids is 1. The van der Waals surface area contributed by atoms with Crippen LogP contribution in [0.4, 0.5) is 0 Å². The van der Waals surface area contributed by atoms with Crippen LogP contribution in [0.15, 0.2) is 21.9 Å². The number of nitrogens with zero attached hydrogens (tertiary/aromatic N) is 1. The molecular weight excluding hydrogens is 429 g/mol. The minimum absolute atomic E-state index is 0.00631.